The van der Waals surface area contributed by atoms with Crippen molar-refractivity contribution in [1.29, 1.82) is 0 Å². The molecule has 0 spiro atoms. The molecular formula is C15H14N4S. The topological polar surface area (TPSA) is 55.3 Å². The van der Waals surface area contributed by atoms with Gasteiger partial charge in [-0.2, -0.15) is 0 Å². The summed E-state index contributed by atoms with van der Waals surface area (Å²) in [5.74, 6) is 0.491. The van der Waals surface area contributed by atoms with E-state index in [0.717, 1.165) is 5.69 Å². The minimum atomic E-state index is 0.491. The van der Waals surface area contributed by atoms with Crippen LogP contribution in [0.25, 0.3) is 21.3 Å². The lowest BCUT2D eigenvalue weighted by Gasteiger charge is -2.19. The molecule has 0 aliphatic carbocycles. The minimum Gasteiger partial charge on any atom is -0.370 e. The summed E-state index contributed by atoms with van der Waals surface area (Å²) in [6, 6.07) is 8.57. The predicted octanol–water partition coefficient (Wildman–Crippen LogP) is 3.15. The molecule has 0 unspecified atom stereocenters. The highest BCUT2D eigenvalue weighted by Gasteiger charge is 2.18. The number of hydrogen-bond donors (Lipinski definition) is 2. The van der Waals surface area contributed by atoms with Gasteiger partial charge < -0.3 is 15.6 Å². The number of nitrogens with zero attached hydrogens (tertiary/aromatic N) is 2. The summed E-state index contributed by atoms with van der Waals surface area (Å²) in [6.07, 6.45) is 2.10. The lowest BCUT2D eigenvalue weighted by atomic mass is 10.0. The lowest BCUT2D eigenvalue weighted by molar-refractivity contribution is 0.969. The third-order valence-corrected chi connectivity index (χ3v) is 4.63. The fraction of sp³-hybridized carbons (Fsp3) is 0.133. The van der Waals surface area contributed by atoms with Gasteiger partial charge in [-0.1, -0.05) is 6.07 Å². The zero-order chi connectivity index (χ0) is 13.7. The summed E-state index contributed by atoms with van der Waals surface area (Å²) in [5.41, 5.74) is 10.6. The molecule has 1 aliphatic rings. The average molecular weight is 282 g/mol. The number of aryl methyl sites for hydroxylation is 1. The first-order chi connectivity index (χ1) is 9.74. The number of hydrogen-bond acceptors (Lipinski definition) is 4. The van der Waals surface area contributed by atoms with Crippen molar-refractivity contribution in [3.8, 4) is 10.4 Å². The molecule has 0 atom stereocenters. The molecule has 0 bridgehead atoms. The molecule has 1 aliphatic heterocycles. The van der Waals surface area contributed by atoms with E-state index in [4.69, 9.17) is 5.73 Å². The second kappa shape index (κ2) is 4.11. The van der Waals surface area contributed by atoms with Gasteiger partial charge in [-0.05, 0) is 23.6 Å². The van der Waals surface area contributed by atoms with Crippen molar-refractivity contribution in [3.05, 3.63) is 41.4 Å². The Hall–Kier alpha value is -2.27. The van der Waals surface area contributed by atoms with E-state index < -0.39 is 0 Å². The highest BCUT2D eigenvalue weighted by Crippen LogP contribution is 2.39. The monoisotopic (exact) mass is 282 g/mol. The fourth-order valence-corrected chi connectivity index (χ4v) is 3.54. The van der Waals surface area contributed by atoms with Crippen molar-refractivity contribution in [2.45, 2.75) is 6.54 Å². The fourth-order valence-electron chi connectivity index (χ4n) is 2.80. The SMILES string of the molecule is Cn1ccc2c3c(cc(-c4cccs4)c21)NC(N)=NC3. The highest BCUT2D eigenvalue weighted by atomic mass is 32.1. The molecule has 4 rings (SSSR count). The van der Waals surface area contributed by atoms with Gasteiger partial charge in [0.15, 0.2) is 5.96 Å². The Kier molecular flexibility index (Phi) is 2.37. The zero-order valence-corrected chi connectivity index (χ0v) is 11.9. The van der Waals surface area contributed by atoms with Crippen LogP contribution in [0, 0.1) is 0 Å². The van der Waals surface area contributed by atoms with Gasteiger partial charge >= 0.3 is 0 Å². The van der Waals surface area contributed by atoms with Crippen LogP contribution in [0.2, 0.25) is 0 Å². The quantitative estimate of drug-likeness (QED) is 0.720. The molecule has 100 valence electrons. The number of nitrogens with two attached hydrogens (primary N) is 1. The van der Waals surface area contributed by atoms with Crippen molar-refractivity contribution in [2.75, 3.05) is 5.32 Å². The minimum absolute atomic E-state index is 0.491. The van der Waals surface area contributed by atoms with Crippen LogP contribution in [-0.4, -0.2) is 10.5 Å². The second-order valence-electron chi connectivity index (χ2n) is 4.94. The molecule has 3 aromatic rings. The van der Waals surface area contributed by atoms with Crippen molar-refractivity contribution < 1.29 is 0 Å². The molecule has 20 heavy (non-hydrogen) atoms. The molecule has 0 amide bonds. The van der Waals surface area contributed by atoms with E-state index in [0.29, 0.717) is 12.5 Å². The van der Waals surface area contributed by atoms with Crippen LogP contribution in [0.3, 0.4) is 0 Å². The number of thiophene rings is 1. The van der Waals surface area contributed by atoms with Gasteiger partial charge in [0.1, 0.15) is 0 Å². The molecule has 0 radical (unpaired) electrons. The van der Waals surface area contributed by atoms with Gasteiger partial charge in [-0.25, -0.2) is 4.99 Å². The van der Waals surface area contributed by atoms with Crippen LogP contribution in [0.5, 0.6) is 0 Å². The molecule has 1 aromatic carbocycles. The van der Waals surface area contributed by atoms with Crippen molar-refractivity contribution >= 4 is 33.9 Å². The molecule has 3 N–H and O–H groups in total. The maximum Gasteiger partial charge on any atom is 0.193 e. The number of guanidine groups is 1. The van der Waals surface area contributed by atoms with Gasteiger partial charge in [0.2, 0.25) is 0 Å². The van der Waals surface area contributed by atoms with E-state index in [2.05, 4.69) is 57.8 Å². The first-order valence-corrected chi connectivity index (χ1v) is 7.34. The Morgan fingerprint density at radius 2 is 2.30 bits per heavy atom. The summed E-state index contributed by atoms with van der Waals surface area (Å²) in [5, 5.41) is 6.54. The number of aliphatic imine (C=N–C) groups is 1. The summed E-state index contributed by atoms with van der Waals surface area (Å²) >= 11 is 1.75. The summed E-state index contributed by atoms with van der Waals surface area (Å²) in [4.78, 5) is 5.57. The normalized spacial score (nSPS) is 13.9. The number of fused-ring (bicyclic) bond motifs is 3. The van der Waals surface area contributed by atoms with Crippen LogP contribution in [0.4, 0.5) is 5.69 Å². The molecule has 0 fully saturated rings. The van der Waals surface area contributed by atoms with E-state index in [9.17, 15) is 0 Å². The van der Waals surface area contributed by atoms with Crippen molar-refractivity contribution in [3.63, 3.8) is 0 Å². The molecule has 2 aromatic heterocycles. The first kappa shape index (κ1) is 11.5. The van der Waals surface area contributed by atoms with E-state index >= 15 is 0 Å². The molecule has 3 heterocycles. The molecule has 0 saturated carbocycles. The van der Waals surface area contributed by atoms with Crippen LogP contribution >= 0.6 is 11.3 Å². The number of aromatic nitrogens is 1. The third kappa shape index (κ3) is 1.56. The number of anilines is 1. The average Bonchev–Trinajstić information content (AvgIpc) is 3.08. The maximum absolute atomic E-state index is 5.80. The number of benzene rings is 1. The van der Waals surface area contributed by atoms with Gasteiger partial charge in [0.25, 0.3) is 0 Å². The summed E-state index contributed by atoms with van der Waals surface area (Å²) in [7, 11) is 2.08. The summed E-state index contributed by atoms with van der Waals surface area (Å²) in [6.45, 7) is 0.638. The third-order valence-electron chi connectivity index (χ3n) is 3.72. The Morgan fingerprint density at radius 3 is 3.10 bits per heavy atom. The molecule has 4 nitrogen and oxygen atoms in total. The zero-order valence-electron chi connectivity index (χ0n) is 11.1. The maximum atomic E-state index is 5.80. The van der Waals surface area contributed by atoms with E-state index in [1.54, 1.807) is 11.3 Å². The van der Waals surface area contributed by atoms with Crippen molar-refractivity contribution in [2.24, 2.45) is 17.8 Å². The Labute approximate surface area is 120 Å². The lowest BCUT2D eigenvalue weighted by Crippen LogP contribution is -2.26. The van der Waals surface area contributed by atoms with Crippen molar-refractivity contribution in [1.82, 2.24) is 4.57 Å². The first-order valence-electron chi connectivity index (χ1n) is 6.46. The molecule has 5 heteroatoms. The van der Waals surface area contributed by atoms with E-state index in [1.807, 2.05) is 0 Å². The second-order valence-corrected chi connectivity index (χ2v) is 5.89. The predicted molar refractivity (Wildman–Crippen MR) is 85.2 cm³/mol. The smallest absolute Gasteiger partial charge is 0.193 e. The Balaban J connectivity index is 2.08. The van der Waals surface area contributed by atoms with Gasteiger partial charge in [0.05, 0.1) is 12.1 Å². The van der Waals surface area contributed by atoms with E-state index in [-0.39, 0.29) is 0 Å². The Morgan fingerprint density at radius 1 is 1.40 bits per heavy atom. The highest BCUT2D eigenvalue weighted by molar-refractivity contribution is 7.13. The van der Waals surface area contributed by atoms with E-state index in [1.165, 1.54) is 26.9 Å². The number of rotatable bonds is 1. The standard InChI is InChI=1S/C15H14N4S/c1-19-5-4-9-11-8-17-15(16)18-12(11)7-10(14(9)19)13-3-2-6-20-13/h2-7H,8H2,1H3,(H3,16,17,18). The molecular weight excluding hydrogens is 268 g/mol. The van der Waals surface area contributed by atoms with Gasteiger partial charge in [0, 0.05) is 40.3 Å². The largest absolute Gasteiger partial charge is 0.370 e. The Bertz CT molecular complexity index is 827. The van der Waals surface area contributed by atoms with Crippen LogP contribution in [0.1, 0.15) is 5.56 Å². The van der Waals surface area contributed by atoms with Crippen LogP contribution < -0.4 is 11.1 Å². The van der Waals surface area contributed by atoms with Crippen LogP contribution in [0.15, 0.2) is 40.8 Å². The molecule has 0 saturated heterocycles. The van der Waals surface area contributed by atoms with Gasteiger partial charge in [-0.15, -0.1) is 11.3 Å². The van der Waals surface area contributed by atoms with Crippen LogP contribution in [-0.2, 0) is 13.6 Å². The summed E-state index contributed by atoms with van der Waals surface area (Å²) < 4.78 is 2.17. The number of nitrogens with one attached hydrogen (secondary N) is 1. The van der Waals surface area contributed by atoms with Gasteiger partial charge in [-0.3, -0.25) is 0 Å².